The molecule has 2 rings (SSSR count). The third kappa shape index (κ3) is 4.06. The first-order chi connectivity index (χ1) is 9.65. The number of hydrogen-bond donors (Lipinski definition) is 3. The molecule has 1 aromatic heterocycles. The Bertz CT molecular complexity index is 572. The molecule has 0 aliphatic carbocycles. The Morgan fingerprint density at radius 1 is 1.30 bits per heavy atom. The molecule has 0 aliphatic rings. The van der Waals surface area contributed by atoms with Crippen LogP contribution in [0.5, 0.6) is 0 Å². The molecule has 3 N–H and O–H groups in total. The second-order valence-corrected chi connectivity index (χ2v) is 4.89. The summed E-state index contributed by atoms with van der Waals surface area (Å²) in [5.41, 5.74) is 0.740. The molecular weight excluding hydrogens is 278 g/mol. The van der Waals surface area contributed by atoms with E-state index in [1.807, 2.05) is 6.07 Å². The van der Waals surface area contributed by atoms with E-state index in [4.69, 9.17) is 5.11 Å². The largest absolute Gasteiger partial charge is 0.481 e. The number of carbonyl (C=O) groups is 2. The first kappa shape index (κ1) is 14.0. The van der Waals surface area contributed by atoms with Crippen LogP contribution in [-0.4, -0.2) is 22.1 Å². The first-order valence-electron chi connectivity index (χ1n) is 5.89. The molecule has 104 valence electrons. The number of anilines is 1. The van der Waals surface area contributed by atoms with E-state index >= 15 is 0 Å². The summed E-state index contributed by atoms with van der Waals surface area (Å²) in [4.78, 5) is 26.7. The maximum absolute atomic E-state index is 11.8. The minimum atomic E-state index is -0.978. The van der Waals surface area contributed by atoms with Gasteiger partial charge in [-0.3, -0.25) is 10.1 Å². The number of carboxylic acid groups (broad SMARTS) is 1. The lowest BCUT2D eigenvalue weighted by atomic mass is 10.0. The highest BCUT2D eigenvalue weighted by atomic mass is 32.1. The van der Waals surface area contributed by atoms with Gasteiger partial charge in [0.2, 0.25) is 0 Å². The summed E-state index contributed by atoms with van der Waals surface area (Å²) in [7, 11) is 0. The highest BCUT2D eigenvalue weighted by molar-refractivity contribution is 7.13. The first-order valence-corrected chi connectivity index (χ1v) is 6.77. The second kappa shape index (κ2) is 6.67. The SMILES string of the molecule is O=C(O)CC(NC(=O)Nc1nccs1)c1ccccc1. The second-order valence-electron chi connectivity index (χ2n) is 4.00. The highest BCUT2D eigenvalue weighted by Gasteiger charge is 2.18. The smallest absolute Gasteiger partial charge is 0.321 e. The van der Waals surface area contributed by atoms with Crippen LogP contribution in [0.25, 0.3) is 0 Å². The van der Waals surface area contributed by atoms with Gasteiger partial charge in [0, 0.05) is 11.6 Å². The number of carbonyl (C=O) groups excluding carboxylic acids is 1. The Kier molecular flexibility index (Phi) is 4.67. The van der Waals surface area contributed by atoms with Gasteiger partial charge in [-0.25, -0.2) is 9.78 Å². The molecule has 0 spiro atoms. The van der Waals surface area contributed by atoms with Crippen LogP contribution in [0.1, 0.15) is 18.0 Å². The molecule has 1 atom stereocenters. The van der Waals surface area contributed by atoms with Gasteiger partial charge in [-0.2, -0.15) is 0 Å². The van der Waals surface area contributed by atoms with E-state index in [0.29, 0.717) is 5.13 Å². The monoisotopic (exact) mass is 291 g/mol. The fourth-order valence-electron chi connectivity index (χ4n) is 1.69. The maximum Gasteiger partial charge on any atom is 0.321 e. The number of carboxylic acids is 1. The van der Waals surface area contributed by atoms with Crippen molar-refractivity contribution in [3.63, 3.8) is 0 Å². The summed E-state index contributed by atoms with van der Waals surface area (Å²) in [5.74, 6) is -0.978. The zero-order valence-electron chi connectivity index (χ0n) is 10.4. The molecule has 0 fully saturated rings. The predicted octanol–water partition coefficient (Wildman–Crippen LogP) is 2.48. The molecule has 2 amide bonds. The molecule has 1 unspecified atom stereocenters. The molecule has 0 saturated heterocycles. The third-order valence-electron chi connectivity index (χ3n) is 2.54. The van der Waals surface area contributed by atoms with Crippen molar-refractivity contribution in [3.05, 3.63) is 47.5 Å². The van der Waals surface area contributed by atoms with E-state index in [9.17, 15) is 9.59 Å². The summed E-state index contributed by atoms with van der Waals surface area (Å²) in [6.07, 6.45) is 1.39. The molecule has 1 aromatic carbocycles. The normalized spacial score (nSPS) is 11.6. The third-order valence-corrected chi connectivity index (χ3v) is 3.23. The number of amides is 2. The van der Waals surface area contributed by atoms with E-state index in [0.717, 1.165) is 5.56 Å². The van der Waals surface area contributed by atoms with Crippen LogP contribution in [-0.2, 0) is 4.79 Å². The molecular formula is C13H13N3O3S. The fraction of sp³-hybridized carbons (Fsp3) is 0.154. The Hall–Kier alpha value is -2.41. The van der Waals surface area contributed by atoms with Crippen molar-refractivity contribution < 1.29 is 14.7 Å². The number of aliphatic carboxylic acids is 1. The van der Waals surface area contributed by atoms with E-state index < -0.39 is 18.0 Å². The van der Waals surface area contributed by atoms with Crippen molar-refractivity contribution in [2.24, 2.45) is 0 Å². The number of nitrogens with one attached hydrogen (secondary N) is 2. The Morgan fingerprint density at radius 2 is 2.05 bits per heavy atom. The maximum atomic E-state index is 11.8. The lowest BCUT2D eigenvalue weighted by Crippen LogP contribution is -2.33. The lowest BCUT2D eigenvalue weighted by Gasteiger charge is -2.17. The van der Waals surface area contributed by atoms with Crippen molar-refractivity contribution in [2.45, 2.75) is 12.5 Å². The average molecular weight is 291 g/mol. The van der Waals surface area contributed by atoms with Crippen LogP contribution < -0.4 is 10.6 Å². The van der Waals surface area contributed by atoms with Crippen molar-refractivity contribution >= 4 is 28.5 Å². The zero-order valence-corrected chi connectivity index (χ0v) is 11.3. The van der Waals surface area contributed by atoms with Crippen LogP contribution in [0.15, 0.2) is 41.9 Å². The van der Waals surface area contributed by atoms with Gasteiger partial charge in [0.15, 0.2) is 5.13 Å². The van der Waals surface area contributed by atoms with E-state index in [-0.39, 0.29) is 6.42 Å². The predicted molar refractivity (Wildman–Crippen MR) is 75.7 cm³/mol. The number of hydrogen-bond acceptors (Lipinski definition) is 4. The zero-order chi connectivity index (χ0) is 14.4. The topological polar surface area (TPSA) is 91.3 Å². The summed E-state index contributed by atoms with van der Waals surface area (Å²) >= 11 is 1.29. The lowest BCUT2D eigenvalue weighted by molar-refractivity contribution is -0.137. The van der Waals surface area contributed by atoms with Gasteiger partial charge in [-0.1, -0.05) is 30.3 Å². The molecule has 1 heterocycles. The standard InChI is InChI=1S/C13H13N3O3S/c17-11(18)8-10(9-4-2-1-3-5-9)15-12(19)16-13-14-6-7-20-13/h1-7,10H,8H2,(H,17,18)(H2,14,15,16,19). The van der Waals surface area contributed by atoms with Crippen LogP contribution in [0.3, 0.4) is 0 Å². The van der Waals surface area contributed by atoms with Crippen LogP contribution in [0.4, 0.5) is 9.93 Å². The van der Waals surface area contributed by atoms with Gasteiger partial charge in [0.25, 0.3) is 0 Å². The van der Waals surface area contributed by atoms with Crippen LogP contribution in [0, 0.1) is 0 Å². The van der Waals surface area contributed by atoms with Crippen molar-refractivity contribution in [1.82, 2.24) is 10.3 Å². The molecule has 0 saturated carbocycles. The van der Waals surface area contributed by atoms with E-state index in [1.165, 1.54) is 11.3 Å². The number of benzene rings is 1. The number of nitrogens with zero attached hydrogens (tertiary/aromatic N) is 1. The Morgan fingerprint density at radius 3 is 2.65 bits per heavy atom. The summed E-state index contributed by atoms with van der Waals surface area (Å²) in [6, 6.07) is 7.91. The molecule has 6 nitrogen and oxygen atoms in total. The quantitative estimate of drug-likeness (QED) is 0.789. The van der Waals surface area contributed by atoms with Gasteiger partial charge in [0.05, 0.1) is 12.5 Å². The molecule has 0 aliphatic heterocycles. The van der Waals surface area contributed by atoms with Gasteiger partial charge in [-0.15, -0.1) is 11.3 Å². The minimum Gasteiger partial charge on any atom is -0.481 e. The van der Waals surface area contributed by atoms with Gasteiger partial charge in [-0.05, 0) is 5.56 Å². The summed E-state index contributed by atoms with van der Waals surface area (Å²) < 4.78 is 0. The fourth-order valence-corrected chi connectivity index (χ4v) is 2.21. The van der Waals surface area contributed by atoms with Crippen molar-refractivity contribution in [2.75, 3.05) is 5.32 Å². The van der Waals surface area contributed by atoms with Gasteiger partial charge < -0.3 is 10.4 Å². The van der Waals surface area contributed by atoms with E-state index in [2.05, 4.69) is 15.6 Å². The Labute approximate surface area is 119 Å². The van der Waals surface area contributed by atoms with Crippen LogP contribution >= 0.6 is 11.3 Å². The minimum absolute atomic E-state index is 0.185. The summed E-state index contributed by atoms with van der Waals surface area (Å²) in [6.45, 7) is 0. The number of urea groups is 1. The van der Waals surface area contributed by atoms with Crippen molar-refractivity contribution in [1.29, 1.82) is 0 Å². The molecule has 7 heteroatoms. The molecule has 0 bridgehead atoms. The Balaban J connectivity index is 2.04. The number of aromatic nitrogens is 1. The highest BCUT2D eigenvalue weighted by Crippen LogP contribution is 2.17. The molecule has 2 aromatic rings. The van der Waals surface area contributed by atoms with E-state index in [1.54, 1.807) is 35.8 Å². The van der Waals surface area contributed by atoms with Crippen LogP contribution in [0.2, 0.25) is 0 Å². The summed E-state index contributed by atoms with van der Waals surface area (Å²) in [5, 5.41) is 16.3. The average Bonchev–Trinajstić information content (AvgIpc) is 2.91. The van der Waals surface area contributed by atoms with Gasteiger partial charge >= 0.3 is 12.0 Å². The molecule has 0 radical (unpaired) electrons. The number of rotatable bonds is 5. The molecule has 20 heavy (non-hydrogen) atoms. The number of thiazole rings is 1. The van der Waals surface area contributed by atoms with Gasteiger partial charge in [0.1, 0.15) is 0 Å². The van der Waals surface area contributed by atoms with Crippen molar-refractivity contribution in [3.8, 4) is 0 Å².